The first kappa shape index (κ1) is 24.3. The lowest BCUT2D eigenvalue weighted by Gasteiger charge is -2.16. The molecule has 7 heteroatoms. The largest absolute Gasteiger partial charge is 0.419 e. The van der Waals surface area contributed by atoms with E-state index in [2.05, 4.69) is 11.9 Å². The van der Waals surface area contributed by atoms with Crippen LogP contribution in [0.3, 0.4) is 0 Å². The van der Waals surface area contributed by atoms with Crippen LogP contribution in [0.5, 0.6) is 0 Å². The summed E-state index contributed by atoms with van der Waals surface area (Å²) < 4.78 is 74.6. The van der Waals surface area contributed by atoms with Gasteiger partial charge >= 0.3 is 6.18 Å². The molecule has 0 radical (unpaired) electrons. The lowest BCUT2D eigenvalue weighted by molar-refractivity contribution is -0.140. The van der Waals surface area contributed by atoms with Crippen molar-refractivity contribution in [3.63, 3.8) is 0 Å². The van der Waals surface area contributed by atoms with Crippen molar-refractivity contribution in [2.45, 2.75) is 57.7 Å². The Bertz CT molecular complexity index is 1140. The van der Waals surface area contributed by atoms with Gasteiger partial charge in [-0.3, -0.25) is 0 Å². The van der Waals surface area contributed by atoms with E-state index >= 15 is 0 Å². The Labute approximate surface area is 195 Å². The first-order chi connectivity index (χ1) is 16.3. The molecule has 2 aromatic carbocycles. The highest BCUT2D eigenvalue weighted by Crippen LogP contribution is 2.40. The molecule has 1 atom stereocenters. The monoisotopic (exact) mass is 475 g/mol. The van der Waals surface area contributed by atoms with E-state index in [1.54, 1.807) is 12.1 Å². The minimum Gasteiger partial charge on any atom is -0.368 e. The van der Waals surface area contributed by atoms with Crippen LogP contribution in [0.4, 0.5) is 22.0 Å². The van der Waals surface area contributed by atoms with Crippen molar-refractivity contribution in [2.75, 3.05) is 6.61 Å². The van der Waals surface area contributed by atoms with Crippen LogP contribution >= 0.6 is 0 Å². The highest BCUT2D eigenvalue weighted by Gasteiger charge is 2.40. The van der Waals surface area contributed by atoms with Gasteiger partial charge in [-0.05, 0) is 60.9 Å². The number of hydrogen-bond donors (Lipinski definition) is 0. The van der Waals surface area contributed by atoms with Crippen molar-refractivity contribution >= 4 is 0 Å². The molecule has 0 aliphatic carbocycles. The average Bonchev–Trinajstić information content (AvgIpc) is 3.62. The van der Waals surface area contributed by atoms with Gasteiger partial charge in [-0.25, -0.2) is 9.37 Å². The second kappa shape index (κ2) is 10.2. The van der Waals surface area contributed by atoms with Gasteiger partial charge in [-0.2, -0.15) is 17.6 Å². The third kappa shape index (κ3) is 5.63. The van der Waals surface area contributed by atoms with E-state index in [1.807, 2.05) is 24.3 Å². The molecule has 0 spiro atoms. The molecule has 1 aromatic heterocycles. The molecule has 34 heavy (non-hydrogen) atoms. The van der Waals surface area contributed by atoms with Crippen LogP contribution in [0.2, 0.25) is 0 Å². The summed E-state index contributed by atoms with van der Waals surface area (Å²) in [5.74, 6) is -1.81. The molecule has 0 saturated carbocycles. The number of aryl methyl sites for hydroxylation is 3. The van der Waals surface area contributed by atoms with Crippen molar-refractivity contribution in [3.05, 3.63) is 88.2 Å². The molecule has 2 nitrogen and oxygen atoms in total. The Morgan fingerprint density at radius 2 is 1.62 bits per heavy atom. The molecule has 1 fully saturated rings. The van der Waals surface area contributed by atoms with Gasteiger partial charge in [-0.1, -0.05) is 49.7 Å². The van der Waals surface area contributed by atoms with Crippen LogP contribution in [0.25, 0.3) is 11.1 Å². The second-order valence-electron chi connectivity index (χ2n) is 8.62. The number of aromatic nitrogens is 1. The first-order valence-electron chi connectivity index (χ1n) is 11.5. The van der Waals surface area contributed by atoms with Crippen LogP contribution in [-0.4, -0.2) is 11.6 Å². The Morgan fingerprint density at radius 3 is 2.24 bits per heavy atom. The van der Waals surface area contributed by atoms with E-state index in [1.165, 1.54) is 17.7 Å². The number of unbranched alkanes of at least 4 members (excludes halogenated alkanes) is 1. The van der Waals surface area contributed by atoms with Crippen molar-refractivity contribution in [1.29, 1.82) is 0 Å². The normalized spacial score (nSPS) is 15.5. The SMILES string of the molecule is CCCc1ccc(-c2ccc(CCCCc3ccc(C4CO4)c(F)c3C(F)(F)F)nc2F)cc1. The third-order valence-electron chi connectivity index (χ3n) is 6.06. The summed E-state index contributed by atoms with van der Waals surface area (Å²) in [7, 11) is 0. The number of epoxide rings is 1. The predicted molar refractivity (Wildman–Crippen MR) is 120 cm³/mol. The topological polar surface area (TPSA) is 25.4 Å². The zero-order chi connectivity index (χ0) is 24.3. The van der Waals surface area contributed by atoms with Gasteiger partial charge in [0.1, 0.15) is 11.9 Å². The molecule has 2 heterocycles. The molecule has 1 unspecified atom stereocenters. The van der Waals surface area contributed by atoms with E-state index in [0.717, 1.165) is 18.4 Å². The number of pyridine rings is 1. The molecule has 3 aromatic rings. The lowest BCUT2D eigenvalue weighted by atomic mass is 9.96. The van der Waals surface area contributed by atoms with E-state index in [-0.39, 0.29) is 24.2 Å². The molecule has 1 aliphatic rings. The first-order valence-corrected chi connectivity index (χ1v) is 11.5. The molecule has 1 aliphatic heterocycles. The van der Waals surface area contributed by atoms with E-state index in [0.29, 0.717) is 30.5 Å². The predicted octanol–water partition coefficient (Wildman–Crippen LogP) is 7.63. The molecular formula is C27H26F5NO. The molecule has 4 rings (SSSR count). The van der Waals surface area contributed by atoms with Gasteiger partial charge in [-0.15, -0.1) is 0 Å². The Hall–Kier alpha value is -2.80. The molecule has 0 N–H and O–H groups in total. The third-order valence-corrected chi connectivity index (χ3v) is 6.06. The van der Waals surface area contributed by atoms with Crippen LogP contribution in [-0.2, 0) is 30.2 Å². The summed E-state index contributed by atoms with van der Waals surface area (Å²) in [6.45, 7) is 2.34. The number of benzene rings is 2. The average molecular weight is 476 g/mol. The van der Waals surface area contributed by atoms with Crippen molar-refractivity contribution in [3.8, 4) is 11.1 Å². The molecule has 180 valence electrons. The summed E-state index contributed by atoms with van der Waals surface area (Å²) in [6.07, 6.45) is -1.97. The van der Waals surface area contributed by atoms with Gasteiger partial charge in [0.2, 0.25) is 5.95 Å². The molecule has 1 saturated heterocycles. The van der Waals surface area contributed by atoms with Crippen molar-refractivity contribution < 1.29 is 26.7 Å². The van der Waals surface area contributed by atoms with Crippen LogP contribution < -0.4 is 0 Å². The number of hydrogen-bond acceptors (Lipinski definition) is 2. The summed E-state index contributed by atoms with van der Waals surface area (Å²) in [5.41, 5.74) is 1.56. The molecular weight excluding hydrogens is 449 g/mol. The van der Waals surface area contributed by atoms with Gasteiger partial charge in [0.05, 0.1) is 12.2 Å². The fourth-order valence-electron chi connectivity index (χ4n) is 4.21. The summed E-state index contributed by atoms with van der Waals surface area (Å²) >= 11 is 0. The minimum absolute atomic E-state index is 0.0455. The minimum atomic E-state index is -4.78. The Balaban J connectivity index is 1.38. The number of rotatable bonds is 9. The fourth-order valence-corrected chi connectivity index (χ4v) is 4.21. The quantitative estimate of drug-likeness (QED) is 0.138. The lowest BCUT2D eigenvalue weighted by Crippen LogP contribution is -2.14. The molecule has 0 amide bonds. The fraction of sp³-hybridized carbons (Fsp3) is 0.370. The Kier molecular flexibility index (Phi) is 7.31. The zero-order valence-corrected chi connectivity index (χ0v) is 18.9. The van der Waals surface area contributed by atoms with Crippen LogP contribution in [0, 0.1) is 11.8 Å². The summed E-state index contributed by atoms with van der Waals surface area (Å²) in [6, 6.07) is 13.9. The smallest absolute Gasteiger partial charge is 0.368 e. The van der Waals surface area contributed by atoms with E-state index in [9.17, 15) is 22.0 Å². The standard InChI is InChI=1S/C27H26F5NO/c1-2-5-17-8-10-18(11-9-17)21-15-13-20(33-26(21)29)7-4-3-6-19-12-14-22(23-16-34-23)25(28)24(19)27(30,31)32/h8-15,23H,2-7,16H2,1H3. The molecule has 0 bridgehead atoms. The van der Waals surface area contributed by atoms with E-state index in [4.69, 9.17) is 4.74 Å². The van der Waals surface area contributed by atoms with Gasteiger partial charge in [0, 0.05) is 16.8 Å². The van der Waals surface area contributed by atoms with Gasteiger partial charge in [0.15, 0.2) is 0 Å². The maximum Gasteiger partial charge on any atom is 0.419 e. The summed E-state index contributed by atoms with van der Waals surface area (Å²) in [5, 5.41) is 0. The maximum absolute atomic E-state index is 14.6. The number of nitrogens with zero attached hydrogens (tertiary/aromatic N) is 1. The van der Waals surface area contributed by atoms with Gasteiger partial charge in [0.25, 0.3) is 0 Å². The van der Waals surface area contributed by atoms with E-state index < -0.39 is 29.6 Å². The number of alkyl halides is 3. The van der Waals surface area contributed by atoms with Crippen molar-refractivity contribution in [2.24, 2.45) is 0 Å². The van der Waals surface area contributed by atoms with Crippen LogP contribution in [0.15, 0.2) is 48.5 Å². The van der Waals surface area contributed by atoms with Crippen molar-refractivity contribution in [1.82, 2.24) is 4.98 Å². The Morgan fingerprint density at radius 1 is 0.912 bits per heavy atom. The number of ether oxygens (including phenoxy) is 1. The summed E-state index contributed by atoms with van der Waals surface area (Å²) in [4.78, 5) is 4.04. The number of halogens is 5. The zero-order valence-electron chi connectivity index (χ0n) is 18.9. The maximum atomic E-state index is 14.6. The van der Waals surface area contributed by atoms with Crippen LogP contribution in [0.1, 0.15) is 60.2 Å². The second-order valence-corrected chi connectivity index (χ2v) is 8.62. The highest BCUT2D eigenvalue weighted by molar-refractivity contribution is 5.63. The highest BCUT2D eigenvalue weighted by atomic mass is 19.4. The van der Waals surface area contributed by atoms with Gasteiger partial charge < -0.3 is 4.74 Å².